The molecule has 0 saturated carbocycles. The van der Waals surface area contributed by atoms with Crippen molar-refractivity contribution in [3.05, 3.63) is 22.4 Å². The van der Waals surface area contributed by atoms with Crippen LogP contribution in [0.1, 0.15) is 23.8 Å². The largest absolute Gasteiger partial charge is 0.353 e. The molecule has 1 aliphatic rings. The lowest BCUT2D eigenvalue weighted by molar-refractivity contribution is -0.142. The van der Waals surface area contributed by atoms with Crippen molar-refractivity contribution in [2.45, 2.75) is 18.9 Å². The van der Waals surface area contributed by atoms with E-state index in [2.05, 4.69) is 5.32 Å². The van der Waals surface area contributed by atoms with Crippen LogP contribution in [0.5, 0.6) is 0 Å². The zero-order valence-electron chi connectivity index (χ0n) is 12.2. The molecule has 3 amide bonds. The van der Waals surface area contributed by atoms with Crippen LogP contribution >= 0.6 is 11.3 Å². The minimum Gasteiger partial charge on any atom is -0.353 e. The first-order chi connectivity index (χ1) is 9.99. The third-order valence-corrected chi connectivity index (χ3v) is 4.42. The second-order valence-electron chi connectivity index (χ2n) is 5.17. The molecular weight excluding hydrogens is 290 g/mol. The molecule has 0 aromatic carbocycles. The maximum Gasteiger partial charge on any atom is 0.240 e. The molecule has 1 aliphatic heterocycles. The van der Waals surface area contributed by atoms with Crippen LogP contribution < -0.4 is 5.32 Å². The fraction of sp³-hybridized carbons (Fsp3) is 0.500. The maximum atomic E-state index is 11.9. The van der Waals surface area contributed by atoms with Gasteiger partial charge >= 0.3 is 0 Å². The number of imide groups is 1. The van der Waals surface area contributed by atoms with Crippen molar-refractivity contribution < 1.29 is 14.4 Å². The van der Waals surface area contributed by atoms with Crippen molar-refractivity contribution in [2.24, 2.45) is 0 Å². The molecule has 1 fully saturated rings. The van der Waals surface area contributed by atoms with E-state index in [1.165, 1.54) is 0 Å². The fourth-order valence-electron chi connectivity index (χ4n) is 2.23. The van der Waals surface area contributed by atoms with E-state index in [4.69, 9.17) is 0 Å². The van der Waals surface area contributed by atoms with Crippen LogP contribution in [0.15, 0.2) is 17.5 Å². The highest BCUT2D eigenvalue weighted by molar-refractivity contribution is 7.10. The zero-order chi connectivity index (χ0) is 15.4. The highest BCUT2D eigenvalue weighted by atomic mass is 32.1. The van der Waals surface area contributed by atoms with Gasteiger partial charge in [0.25, 0.3) is 0 Å². The Kier molecular flexibility index (Phi) is 5.08. The first-order valence-corrected chi connectivity index (χ1v) is 7.66. The van der Waals surface area contributed by atoms with Gasteiger partial charge in [-0.05, 0) is 25.5 Å². The Labute approximate surface area is 127 Å². The molecular formula is C14H19N3O3S. The summed E-state index contributed by atoms with van der Waals surface area (Å²) in [5, 5.41) is 4.80. The lowest BCUT2D eigenvalue weighted by Gasteiger charge is -2.24. The van der Waals surface area contributed by atoms with E-state index >= 15 is 0 Å². The van der Waals surface area contributed by atoms with Gasteiger partial charge in [-0.2, -0.15) is 0 Å². The molecule has 0 bridgehead atoms. The summed E-state index contributed by atoms with van der Waals surface area (Å²) in [4.78, 5) is 39.1. The quantitative estimate of drug-likeness (QED) is 0.782. The van der Waals surface area contributed by atoms with E-state index in [0.717, 1.165) is 9.78 Å². The number of rotatable bonds is 6. The van der Waals surface area contributed by atoms with E-state index < -0.39 is 0 Å². The molecule has 1 aromatic heterocycles. The van der Waals surface area contributed by atoms with Crippen LogP contribution in [0.3, 0.4) is 0 Å². The van der Waals surface area contributed by atoms with Crippen molar-refractivity contribution >= 4 is 29.1 Å². The third kappa shape index (κ3) is 3.89. The SMILES string of the molecule is CN(C)[C@@H](CNC(=O)CN1C(=O)CCC1=O)c1cccs1. The Morgan fingerprint density at radius 3 is 2.57 bits per heavy atom. The number of thiophene rings is 1. The average molecular weight is 309 g/mol. The van der Waals surface area contributed by atoms with Crippen molar-refractivity contribution in [1.29, 1.82) is 0 Å². The topological polar surface area (TPSA) is 69.7 Å². The lowest BCUT2D eigenvalue weighted by Crippen LogP contribution is -2.42. The van der Waals surface area contributed by atoms with Gasteiger partial charge < -0.3 is 10.2 Å². The van der Waals surface area contributed by atoms with Gasteiger partial charge in [0.15, 0.2) is 0 Å². The van der Waals surface area contributed by atoms with Gasteiger partial charge in [0.2, 0.25) is 17.7 Å². The van der Waals surface area contributed by atoms with Crippen LogP contribution in [-0.4, -0.2) is 54.7 Å². The minimum absolute atomic E-state index is 0.0823. The van der Waals surface area contributed by atoms with Crippen molar-refractivity contribution in [2.75, 3.05) is 27.2 Å². The standard InChI is InChI=1S/C14H19N3O3S/c1-16(2)10(11-4-3-7-21-11)8-15-12(18)9-17-13(19)5-6-14(17)20/h3-4,7,10H,5-6,8-9H2,1-2H3,(H,15,18)/t10-/m0/s1. The van der Waals surface area contributed by atoms with E-state index in [0.29, 0.717) is 6.54 Å². The smallest absolute Gasteiger partial charge is 0.240 e. The second kappa shape index (κ2) is 6.82. The van der Waals surface area contributed by atoms with E-state index in [9.17, 15) is 14.4 Å². The number of nitrogens with one attached hydrogen (secondary N) is 1. The Morgan fingerprint density at radius 1 is 1.38 bits per heavy atom. The van der Waals surface area contributed by atoms with E-state index in [1.54, 1.807) is 11.3 Å². The Bertz CT molecular complexity index is 512. The zero-order valence-corrected chi connectivity index (χ0v) is 13.0. The molecule has 2 heterocycles. The summed E-state index contributed by atoms with van der Waals surface area (Å²) in [6.45, 7) is 0.269. The molecule has 1 N–H and O–H groups in total. The highest BCUT2D eigenvalue weighted by Gasteiger charge is 2.30. The van der Waals surface area contributed by atoms with Crippen molar-refractivity contribution in [1.82, 2.24) is 15.1 Å². The number of hydrogen-bond donors (Lipinski definition) is 1. The number of amides is 3. The molecule has 7 heteroatoms. The predicted octanol–water partition coefficient (Wildman–Crippen LogP) is 0.616. The number of nitrogens with zero attached hydrogens (tertiary/aromatic N) is 2. The molecule has 114 valence electrons. The van der Waals surface area contributed by atoms with Crippen molar-refractivity contribution in [3.8, 4) is 0 Å². The van der Waals surface area contributed by atoms with E-state index in [1.807, 2.05) is 36.5 Å². The highest BCUT2D eigenvalue weighted by Crippen LogP contribution is 2.22. The molecule has 0 unspecified atom stereocenters. The summed E-state index contributed by atoms with van der Waals surface area (Å²) in [5.41, 5.74) is 0. The summed E-state index contributed by atoms with van der Waals surface area (Å²) in [7, 11) is 3.90. The Balaban J connectivity index is 1.88. The molecule has 1 saturated heterocycles. The van der Waals surface area contributed by atoms with Gasteiger partial charge in [0, 0.05) is 24.3 Å². The first-order valence-electron chi connectivity index (χ1n) is 6.78. The lowest BCUT2D eigenvalue weighted by atomic mass is 10.2. The van der Waals surface area contributed by atoms with Gasteiger partial charge in [-0.25, -0.2) is 0 Å². The summed E-state index contributed by atoms with van der Waals surface area (Å²) in [5.74, 6) is -0.836. The van der Waals surface area contributed by atoms with Gasteiger partial charge in [0.1, 0.15) is 6.54 Å². The van der Waals surface area contributed by atoms with Crippen molar-refractivity contribution in [3.63, 3.8) is 0 Å². The minimum atomic E-state index is -0.304. The number of carbonyl (C=O) groups is 3. The van der Waals surface area contributed by atoms with Gasteiger partial charge in [-0.1, -0.05) is 6.07 Å². The van der Waals surface area contributed by atoms with Crippen LogP contribution in [-0.2, 0) is 14.4 Å². The van der Waals surface area contributed by atoms with Gasteiger partial charge in [0.05, 0.1) is 6.04 Å². The number of likely N-dealkylation sites (tertiary alicyclic amines) is 1. The summed E-state index contributed by atoms with van der Waals surface area (Å²) >= 11 is 1.63. The fourth-order valence-corrected chi connectivity index (χ4v) is 3.15. The normalized spacial score (nSPS) is 16.6. The molecule has 2 rings (SSSR count). The summed E-state index contributed by atoms with van der Waals surface area (Å²) < 4.78 is 0. The third-order valence-electron chi connectivity index (χ3n) is 3.44. The predicted molar refractivity (Wildman–Crippen MR) is 79.7 cm³/mol. The second-order valence-corrected chi connectivity index (χ2v) is 6.15. The molecule has 0 aliphatic carbocycles. The van der Waals surface area contributed by atoms with Gasteiger partial charge in [-0.3, -0.25) is 19.3 Å². The Hall–Kier alpha value is -1.73. The van der Waals surface area contributed by atoms with Gasteiger partial charge in [-0.15, -0.1) is 11.3 Å². The van der Waals surface area contributed by atoms with Crippen LogP contribution in [0.25, 0.3) is 0 Å². The molecule has 1 aromatic rings. The maximum absolute atomic E-state index is 11.9. The average Bonchev–Trinajstić information content (AvgIpc) is 3.04. The number of hydrogen-bond acceptors (Lipinski definition) is 5. The molecule has 21 heavy (non-hydrogen) atoms. The number of likely N-dealkylation sites (N-methyl/N-ethyl adjacent to an activating group) is 1. The first kappa shape index (κ1) is 15.7. The molecule has 1 atom stereocenters. The van der Waals surface area contributed by atoms with E-state index in [-0.39, 0.29) is 43.1 Å². The van der Waals surface area contributed by atoms with Crippen LogP contribution in [0.2, 0.25) is 0 Å². The monoisotopic (exact) mass is 309 g/mol. The van der Waals surface area contributed by atoms with Crippen LogP contribution in [0.4, 0.5) is 0 Å². The molecule has 0 radical (unpaired) electrons. The summed E-state index contributed by atoms with van der Waals surface area (Å²) in [6.07, 6.45) is 0.420. The Morgan fingerprint density at radius 2 is 2.05 bits per heavy atom. The van der Waals surface area contributed by atoms with Crippen LogP contribution in [0, 0.1) is 0 Å². The number of carbonyl (C=O) groups excluding carboxylic acids is 3. The molecule has 6 nitrogen and oxygen atoms in total. The molecule has 0 spiro atoms. The summed E-state index contributed by atoms with van der Waals surface area (Å²) in [6, 6.07) is 4.08.